The van der Waals surface area contributed by atoms with Crippen LogP contribution in [0.1, 0.15) is 19.8 Å². The zero-order valence-electron chi connectivity index (χ0n) is 8.87. The van der Waals surface area contributed by atoms with Crippen molar-refractivity contribution in [2.24, 2.45) is 5.84 Å². The molecule has 1 aliphatic rings. The minimum absolute atomic E-state index is 0.146. The van der Waals surface area contributed by atoms with Crippen LogP contribution in [0.2, 0.25) is 0 Å². The maximum atomic E-state index is 5.33. The van der Waals surface area contributed by atoms with Gasteiger partial charge in [0.05, 0.1) is 7.11 Å². The number of nitrogens with zero attached hydrogens (tertiary/aromatic N) is 2. The van der Waals surface area contributed by atoms with Gasteiger partial charge in [-0.2, -0.15) is 0 Å². The van der Waals surface area contributed by atoms with E-state index < -0.39 is 0 Å². The van der Waals surface area contributed by atoms with E-state index in [9.17, 15) is 0 Å². The molecule has 0 radical (unpaired) electrons. The third-order valence-corrected chi connectivity index (χ3v) is 2.56. The van der Waals surface area contributed by atoms with Gasteiger partial charge in [0.15, 0.2) is 11.6 Å². The number of ether oxygens (including phenoxy) is 1. The highest BCUT2D eigenvalue weighted by molar-refractivity contribution is 5.64. The van der Waals surface area contributed by atoms with Gasteiger partial charge in [-0.1, -0.05) is 0 Å². The number of anilines is 2. The monoisotopic (exact) mass is 209 g/mol. The molecule has 1 heterocycles. The highest BCUT2D eigenvalue weighted by atomic mass is 16.5. The minimum Gasteiger partial charge on any atom is -0.490 e. The van der Waals surface area contributed by atoms with Crippen molar-refractivity contribution in [2.45, 2.75) is 25.3 Å². The normalized spacial score (nSPS) is 17.0. The van der Waals surface area contributed by atoms with Crippen molar-refractivity contribution in [1.82, 2.24) is 9.97 Å². The largest absolute Gasteiger partial charge is 0.490 e. The Morgan fingerprint density at radius 1 is 1.40 bits per heavy atom. The van der Waals surface area contributed by atoms with Crippen molar-refractivity contribution in [1.29, 1.82) is 0 Å². The van der Waals surface area contributed by atoms with E-state index in [-0.39, 0.29) is 5.54 Å². The molecule has 0 saturated heterocycles. The van der Waals surface area contributed by atoms with Crippen molar-refractivity contribution in [3.8, 4) is 5.75 Å². The van der Waals surface area contributed by atoms with Gasteiger partial charge in [-0.3, -0.25) is 0 Å². The lowest BCUT2D eigenvalue weighted by Crippen LogP contribution is -2.19. The predicted octanol–water partition coefficient (Wildman–Crippen LogP) is 0.735. The van der Waals surface area contributed by atoms with Gasteiger partial charge >= 0.3 is 0 Å². The van der Waals surface area contributed by atoms with Gasteiger partial charge in [0.25, 0.3) is 0 Å². The molecular weight excluding hydrogens is 194 g/mol. The highest BCUT2D eigenvalue weighted by Gasteiger charge is 2.38. The molecule has 82 valence electrons. The van der Waals surface area contributed by atoms with Gasteiger partial charge in [0.1, 0.15) is 6.33 Å². The molecule has 6 nitrogen and oxygen atoms in total. The number of hydrogen-bond acceptors (Lipinski definition) is 6. The van der Waals surface area contributed by atoms with Crippen LogP contribution in [-0.4, -0.2) is 22.6 Å². The van der Waals surface area contributed by atoms with E-state index in [0.29, 0.717) is 17.4 Å². The molecule has 6 heteroatoms. The molecule has 15 heavy (non-hydrogen) atoms. The number of aromatic nitrogens is 2. The minimum atomic E-state index is 0.146. The Morgan fingerprint density at radius 2 is 2.07 bits per heavy atom. The summed E-state index contributed by atoms with van der Waals surface area (Å²) in [6.07, 6.45) is 3.74. The summed E-state index contributed by atoms with van der Waals surface area (Å²) in [5.41, 5.74) is 2.62. The van der Waals surface area contributed by atoms with Gasteiger partial charge in [-0.05, 0) is 19.8 Å². The molecule has 0 aromatic carbocycles. The van der Waals surface area contributed by atoms with Crippen LogP contribution in [0.15, 0.2) is 6.33 Å². The van der Waals surface area contributed by atoms with Crippen LogP contribution >= 0.6 is 0 Å². The third kappa shape index (κ3) is 1.94. The van der Waals surface area contributed by atoms with E-state index in [1.165, 1.54) is 6.33 Å². The first kappa shape index (κ1) is 9.97. The van der Waals surface area contributed by atoms with Crippen LogP contribution in [0.3, 0.4) is 0 Å². The SMILES string of the molecule is COc1c(NN)ncnc1NC1(C)CC1. The smallest absolute Gasteiger partial charge is 0.205 e. The van der Waals surface area contributed by atoms with Crippen LogP contribution in [-0.2, 0) is 0 Å². The van der Waals surface area contributed by atoms with Gasteiger partial charge in [0, 0.05) is 5.54 Å². The first-order valence-electron chi connectivity index (χ1n) is 4.82. The molecule has 1 aromatic heterocycles. The van der Waals surface area contributed by atoms with E-state index in [1.807, 2.05) is 0 Å². The topological polar surface area (TPSA) is 85.1 Å². The zero-order valence-corrected chi connectivity index (χ0v) is 8.87. The third-order valence-electron chi connectivity index (χ3n) is 2.56. The summed E-state index contributed by atoms with van der Waals surface area (Å²) in [7, 11) is 1.57. The number of hydrogen-bond donors (Lipinski definition) is 3. The average molecular weight is 209 g/mol. The lowest BCUT2D eigenvalue weighted by Gasteiger charge is -2.16. The van der Waals surface area contributed by atoms with Gasteiger partial charge in [0.2, 0.25) is 5.75 Å². The van der Waals surface area contributed by atoms with Crippen LogP contribution in [0.25, 0.3) is 0 Å². The van der Waals surface area contributed by atoms with Crippen LogP contribution in [0.4, 0.5) is 11.6 Å². The average Bonchev–Trinajstić information content (AvgIpc) is 2.95. The Morgan fingerprint density at radius 3 is 2.60 bits per heavy atom. The fraction of sp³-hybridized carbons (Fsp3) is 0.556. The Hall–Kier alpha value is -1.56. The molecule has 0 amide bonds. The lowest BCUT2D eigenvalue weighted by atomic mass is 10.3. The van der Waals surface area contributed by atoms with Crippen molar-refractivity contribution in [2.75, 3.05) is 17.9 Å². The van der Waals surface area contributed by atoms with E-state index in [0.717, 1.165) is 12.8 Å². The van der Waals surface area contributed by atoms with Crippen molar-refractivity contribution < 1.29 is 4.74 Å². The molecule has 1 aromatic rings. The quantitative estimate of drug-likeness (QED) is 0.501. The van der Waals surface area contributed by atoms with Gasteiger partial charge in [-0.25, -0.2) is 15.8 Å². The molecule has 0 atom stereocenters. The highest BCUT2D eigenvalue weighted by Crippen LogP contribution is 2.40. The second-order valence-corrected chi connectivity index (χ2v) is 3.93. The van der Waals surface area contributed by atoms with Crippen molar-refractivity contribution in [3.05, 3.63) is 6.33 Å². The molecule has 0 unspecified atom stereocenters. The number of methoxy groups -OCH3 is 1. The fourth-order valence-corrected chi connectivity index (χ4v) is 1.36. The number of nitrogens with two attached hydrogens (primary N) is 1. The van der Waals surface area contributed by atoms with E-state index in [4.69, 9.17) is 10.6 Å². The van der Waals surface area contributed by atoms with E-state index >= 15 is 0 Å². The maximum absolute atomic E-state index is 5.33. The second-order valence-electron chi connectivity index (χ2n) is 3.93. The summed E-state index contributed by atoms with van der Waals surface area (Å²) >= 11 is 0. The number of nitrogens with one attached hydrogen (secondary N) is 2. The Labute approximate surface area is 88.2 Å². The second kappa shape index (κ2) is 3.54. The Kier molecular flexibility index (Phi) is 2.36. The standard InChI is InChI=1S/C9H15N5O/c1-9(3-4-9)13-7-6(15-2)8(14-10)12-5-11-7/h5H,3-4,10H2,1-2H3,(H2,11,12,13,14). The molecule has 1 fully saturated rings. The first-order valence-corrected chi connectivity index (χ1v) is 4.82. The van der Waals surface area contributed by atoms with Gasteiger partial charge in [-0.15, -0.1) is 0 Å². The maximum Gasteiger partial charge on any atom is 0.205 e. The van der Waals surface area contributed by atoms with Crippen molar-refractivity contribution >= 4 is 11.6 Å². The molecule has 0 bridgehead atoms. The molecule has 4 N–H and O–H groups in total. The van der Waals surface area contributed by atoms with Crippen molar-refractivity contribution in [3.63, 3.8) is 0 Å². The molecule has 1 saturated carbocycles. The number of nitrogen functional groups attached to an aromatic ring is 1. The Balaban J connectivity index is 2.28. The molecule has 1 aliphatic carbocycles. The number of rotatable bonds is 4. The molecular formula is C9H15N5O. The summed E-state index contributed by atoms with van der Waals surface area (Å²) in [4.78, 5) is 8.11. The Bertz CT molecular complexity index is 364. The van der Waals surface area contributed by atoms with Crippen LogP contribution in [0.5, 0.6) is 5.75 Å². The van der Waals surface area contributed by atoms with Crippen LogP contribution in [0, 0.1) is 0 Å². The van der Waals surface area contributed by atoms with E-state index in [1.54, 1.807) is 7.11 Å². The fourth-order valence-electron chi connectivity index (χ4n) is 1.36. The summed E-state index contributed by atoms with van der Waals surface area (Å²) in [5.74, 6) is 7.04. The summed E-state index contributed by atoms with van der Waals surface area (Å²) in [5, 5.41) is 3.31. The van der Waals surface area contributed by atoms with Crippen LogP contribution < -0.4 is 21.3 Å². The molecule has 0 aliphatic heterocycles. The zero-order chi connectivity index (χ0) is 10.9. The summed E-state index contributed by atoms with van der Waals surface area (Å²) in [6.45, 7) is 2.14. The summed E-state index contributed by atoms with van der Waals surface area (Å²) < 4.78 is 5.21. The lowest BCUT2D eigenvalue weighted by molar-refractivity contribution is 0.414. The molecule has 0 spiro atoms. The first-order chi connectivity index (χ1) is 7.18. The predicted molar refractivity (Wildman–Crippen MR) is 57.7 cm³/mol. The molecule has 2 rings (SSSR count). The summed E-state index contributed by atoms with van der Waals surface area (Å²) in [6, 6.07) is 0. The number of hydrazine groups is 1. The van der Waals surface area contributed by atoms with Gasteiger partial charge < -0.3 is 15.5 Å². The van der Waals surface area contributed by atoms with E-state index in [2.05, 4.69) is 27.6 Å².